The van der Waals surface area contributed by atoms with E-state index in [0.29, 0.717) is 41.7 Å². The van der Waals surface area contributed by atoms with Gasteiger partial charge in [-0.3, -0.25) is 4.79 Å². The molecule has 3 rings (SSSR count). The molecule has 3 aromatic rings. The first-order valence-electron chi connectivity index (χ1n) is 8.16. The minimum absolute atomic E-state index is 0.0756. The molecule has 6 nitrogen and oxygen atoms in total. The number of nitrogens with zero attached hydrogens (tertiary/aromatic N) is 3. The maximum Gasteiger partial charge on any atom is 0.226 e. The Labute approximate surface area is 160 Å². The Morgan fingerprint density at radius 2 is 2.19 bits per heavy atom. The summed E-state index contributed by atoms with van der Waals surface area (Å²) in [4.78, 5) is 19.5. The number of rotatable bonds is 7. The van der Waals surface area contributed by atoms with Crippen LogP contribution in [0.2, 0.25) is 5.02 Å². The number of anilines is 2. The maximum atomic E-state index is 12.2. The second-order valence-electron chi connectivity index (χ2n) is 5.95. The highest BCUT2D eigenvalue weighted by Crippen LogP contribution is 2.28. The second-order valence-corrected chi connectivity index (χ2v) is 7.33. The lowest BCUT2D eigenvalue weighted by Gasteiger charge is -2.18. The van der Waals surface area contributed by atoms with Crippen molar-refractivity contribution in [2.24, 2.45) is 0 Å². The predicted octanol–water partition coefficient (Wildman–Crippen LogP) is 4.48. The normalized spacial score (nSPS) is 10.7. The Hall–Kier alpha value is -2.38. The Morgan fingerprint density at radius 3 is 2.92 bits per heavy atom. The molecule has 1 amide bonds. The molecule has 0 aliphatic heterocycles. The van der Waals surface area contributed by atoms with Gasteiger partial charge in [0.15, 0.2) is 0 Å². The van der Waals surface area contributed by atoms with Gasteiger partial charge in [0.2, 0.25) is 17.6 Å². The van der Waals surface area contributed by atoms with Crippen molar-refractivity contribution in [3.8, 4) is 10.7 Å². The van der Waals surface area contributed by atoms with Gasteiger partial charge in [0.25, 0.3) is 0 Å². The van der Waals surface area contributed by atoms with Gasteiger partial charge < -0.3 is 14.7 Å². The number of aromatic nitrogens is 2. The number of benzene rings is 1. The van der Waals surface area contributed by atoms with Crippen LogP contribution in [-0.2, 0) is 11.2 Å². The van der Waals surface area contributed by atoms with E-state index in [1.165, 1.54) is 0 Å². The van der Waals surface area contributed by atoms with Crippen LogP contribution >= 0.6 is 22.9 Å². The molecule has 0 spiro atoms. The molecule has 136 valence electrons. The minimum Gasteiger partial charge on any atom is -0.376 e. The molecule has 0 unspecified atom stereocenters. The van der Waals surface area contributed by atoms with E-state index < -0.39 is 0 Å². The lowest BCUT2D eigenvalue weighted by Crippen LogP contribution is -2.16. The van der Waals surface area contributed by atoms with E-state index in [9.17, 15) is 4.79 Å². The lowest BCUT2D eigenvalue weighted by atomic mass is 10.2. The molecule has 1 aromatic carbocycles. The molecule has 0 radical (unpaired) electrons. The van der Waals surface area contributed by atoms with Gasteiger partial charge in [-0.2, -0.15) is 4.98 Å². The lowest BCUT2D eigenvalue weighted by molar-refractivity contribution is -0.116. The summed E-state index contributed by atoms with van der Waals surface area (Å²) in [7, 11) is 3.83. The van der Waals surface area contributed by atoms with Crippen LogP contribution in [0.1, 0.15) is 18.7 Å². The first-order chi connectivity index (χ1) is 12.5. The summed E-state index contributed by atoms with van der Waals surface area (Å²) in [6, 6.07) is 9.31. The number of halogens is 1. The quantitative estimate of drug-likeness (QED) is 0.644. The highest BCUT2D eigenvalue weighted by molar-refractivity contribution is 7.13. The number of aryl methyl sites for hydroxylation is 1. The van der Waals surface area contributed by atoms with Crippen molar-refractivity contribution in [1.82, 2.24) is 10.1 Å². The molecule has 2 heterocycles. The summed E-state index contributed by atoms with van der Waals surface area (Å²) in [5, 5.41) is 9.43. The standard InChI is InChI=1S/C18H19ClN4O2S/c1-23(2)14-9-8-12(19)11-13(14)20-16(24)6-3-7-17-21-18(22-25-17)15-5-4-10-26-15/h4-5,8-11H,3,6-7H2,1-2H3,(H,20,24). The zero-order valence-corrected chi connectivity index (χ0v) is 16.1. The van der Waals surface area contributed by atoms with Gasteiger partial charge >= 0.3 is 0 Å². The van der Waals surface area contributed by atoms with Gasteiger partial charge in [0, 0.05) is 32.0 Å². The fourth-order valence-electron chi connectivity index (χ4n) is 2.47. The van der Waals surface area contributed by atoms with Crippen LogP contribution in [0.25, 0.3) is 10.7 Å². The van der Waals surface area contributed by atoms with Crippen LogP contribution in [0.3, 0.4) is 0 Å². The predicted molar refractivity (Wildman–Crippen MR) is 105 cm³/mol. The first-order valence-corrected chi connectivity index (χ1v) is 9.42. The van der Waals surface area contributed by atoms with E-state index in [2.05, 4.69) is 15.5 Å². The maximum absolute atomic E-state index is 12.2. The fourth-order valence-corrected chi connectivity index (χ4v) is 3.29. The van der Waals surface area contributed by atoms with Crippen LogP contribution in [0.15, 0.2) is 40.2 Å². The molecule has 2 aromatic heterocycles. The van der Waals surface area contributed by atoms with E-state index in [1.54, 1.807) is 23.5 Å². The molecule has 26 heavy (non-hydrogen) atoms. The average Bonchev–Trinajstić information content (AvgIpc) is 3.26. The number of carbonyl (C=O) groups is 1. The molecular formula is C18H19ClN4O2S. The van der Waals surface area contributed by atoms with Gasteiger partial charge in [-0.1, -0.05) is 22.8 Å². The van der Waals surface area contributed by atoms with Gasteiger partial charge in [-0.15, -0.1) is 11.3 Å². The number of hydrogen-bond donors (Lipinski definition) is 1. The van der Waals surface area contributed by atoms with Gasteiger partial charge in [0.05, 0.1) is 16.3 Å². The van der Waals surface area contributed by atoms with Gasteiger partial charge in [-0.25, -0.2) is 0 Å². The van der Waals surface area contributed by atoms with Crippen LogP contribution in [0, 0.1) is 0 Å². The zero-order valence-electron chi connectivity index (χ0n) is 14.5. The molecule has 0 bridgehead atoms. The third-order valence-electron chi connectivity index (χ3n) is 3.72. The monoisotopic (exact) mass is 390 g/mol. The van der Waals surface area contributed by atoms with E-state index in [1.807, 2.05) is 42.6 Å². The summed E-state index contributed by atoms with van der Waals surface area (Å²) in [6.07, 6.45) is 1.54. The van der Waals surface area contributed by atoms with Crippen molar-refractivity contribution in [1.29, 1.82) is 0 Å². The van der Waals surface area contributed by atoms with Crippen LogP contribution in [0.5, 0.6) is 0 Å². The van der Waals surface area contributed by atoms with Gasteiger partial charge in [0.1, 0.15) is 0 Å². The van der Waals surface area contributed by atoms with Crippen molar-refractivity contribution >= 4 is 40.2 Å². The Morgan fingerprint density at radius 1 is 1.35 bits per heavy atom. The molecule has 0 saturated carbocycles. The second kappa shape index (κ2) is 8.33. The van der Waals surface area contributed by atoms with E-state index in [-0.39, 0.29) is 5.91 Å². The molecule has 0 saturated heterocycles. The fraction of sp³-hybridized carbons (Fsp3) is 0.278. The highest BCUT2D eigenvalue weighted by Gasteiger charge is 2.12. The van der Waals surface area contributed by atoms with Crippen molar-refractivity contribution in [3.05, 3.63) is 46.6 Å². The van der Waals surface area contributed by atoms with Crippen molar-refractivity contribution in [3.63, 3.8) is 0 Å². The van der Waals surface area contributed by atoms with Crippen LogP contribution in [0.4, 0.5) is 11.4 Å². The highest BCUT2D eigenvalue weighted by atomic mass is 35.5. The van der Waals surface area contributed by atoms with E-state index in [4.69, 9.17) is 16.1 Å². The van der Waals surface area contributed by atoms with Gasteiger partial charge in [-0.05, 0) is 36.1 Å². The topological polar surface area (TPSA) is 71.3 Å². The van der Waals surface area contributed by atoms with Crippen molar-refractivity contribution in [2.75, 3.05) is 24.3 Å². The Balaban J connectivity index is 1.53. The molecule has 8 heteroatoms. The number of thiophene rings is 1. The summed E-state index contributed by atoms with van der Waals surface area (Å²) in [5.74, 6) is 1.06. The molecule has 0 aliphatic carbocycles. The van der Waals surface area contributed by atoms with E-state index >= 15 is 0 Å². The molecule has 0 fully saturated rings. The summed E-state index contributed by atoms with van der Waals surface area (Å²) in [6.45, 7) is 0. The third kappa shape index (κ3) is 4.62. The van der Waals surface area contributed by atoms with Crippen molar-refractivity contribution in [2.45, 2.75) is 19.3 Å². The molecular weight excluding hydrogens is 372 g/mol. The number of hydrogen-bond acceptors (Lipinski definition) is 6. The SMILES string of the molecule is CN(C)c1ccc(Cl)cc1NC(=O)CCCc1nc(-c2cccs2)no1. The molecule has 0 atom stereocenters. The summed E-state index contributed by atoms with van der Waals surface area (Å²) < 4.78 is 5.24. The Kier molecular flexibility index (Phi) is 5.90. The number of nitrogens with one attached hydrogen (secondary N) is 1. The van der Waals surface area contributed by atoms with E-state index in [0.717, 1.165) is 10.6 Å². The largest absolute Gasteiger partial charge is 0.376 e. The van der Waals surface area contributed by atoms with Crippen LogP contribution < -0.4 is 10.2 Å². The van der Waals surface area contributed by atoms with Crippen LogP contribution in [-0.4, -0.2) is 30.1 Å². The molecule has 0 aliphatic rings. The number of carbonyl (C=O) groups excluding carboxylic acids is 1. The van der Waals surface area contributed by atoms with Crippen molar-refractivity contribution < 1.29 is 9.32 Å². The zero-order chi connectivity index (χ0) is 18.5. The summed E-state index contributed by atoms with van der Waals surface area (Å²) in [5.41, 5.74) is 1.60. The number of amides is 1. The first kappa shape index (κ1) is 18.4. The molecule has 1 N–H and O–H groups in total. The average molecular weight is 391 g/mol. The smallest absolute Gasteiger partial charge is 0.226 e. The third-order valence-corrected chi connectivity index (χ3v) is 4.82. The Bertz CT molecular complexity index is 877. The minimum atomic E-state index is -0.0756. The summed E-state index contributed by atoms with van der Waals surface area (Å²) >= 11 is 7.60.